The molecule has 0 unspecified atom stereocenters. The van der Waals surface area contributed by atoms with Gasteiger partial charge in [-0.25, -0.2) is 14.4 Å². The Morgan fingerprint density at radius 2 is 2.23 bits per heavy atom. The number of aromatic nitrogens is 2. The van der Waals surface area contributed by atoms with Crippen LogP contribution in [0.5, 0.6) is 0 Å². The molecule has 1 aromatic carbocycles. The molecule has 7 heteroatoms. The SMILES string of the molecule is CCNC(=NCc1cccc(F)c1)NCCn1ccnc1.I. The summed E-state index contributed by atoms with van der Waals surface area (Å²) < 4.78 is 15.1. The number of benzene rings is 1. The number of guanidine groups is 1. The normalized spacial score (nSPS) is 10.9. The average Bonchev–Trinajstić information content (AvgIpc) is 2.98. The van der Waals surface area contributed by atoms with Gasteiger partial charge in [0.2, 0.25) is 0 Å². The summed E-state index contributed by atoms with van der Waals surface area (Å²) in [5, 5.41) is 6.41. The minimum atomic E-state index is -0.235. The van der Waals surface area contributed by atoms with Crippen LogP contribution in [0.1, 0.15) is 12.5 Å². The molecule has 0 spiro atoms. The van der Waals surface area contributed by atoms with E-state index < -0.39 is 0 Å². The van der Waals surface area contributed by atoms with Crippen LogP contribution in [-0.2, 0) is 13.1 Å². The summed E-state index contributed by atoms with van der Waals surface area (Å²) in [5.41, 5.74) is 0.849. The second kappa shape index (κ2) is 10.1. The van der Waals surface area contributed by atoms with Crippen LogP contribution in [0, 0.1) is 5.82 Å². The van der Waals surface area contributed by atoms with Gasteiger partial charge in [-0.3, -0.25) is 0 Å². The number of nitrogens with zero attached hydrogens (tertiary/aromatic N) is 3. The Bertz CT molecular complexity index is 571. The maximum atomic E-state index is 13.1. The molecule has 0 saturated carbocycles. The summed E-state index contributed by atoms with van der Waals surface area (Å²) in [5.74, 6) is 0.489. The van der Waals surface area contributed by atoms with Crippen molar-refractivity contribution in [2.75, 3.05) is 13.1 Å². The highest BCUT2D eigenvalue weighted by Crippen LogP contribution is 2.04. The molecule has 22 heavy (non-hydrogen) atoms. The number of aliphatic imine (C=N–C) groups is 1. The van der Waals surface area contributed by atoms with E-state index in [1.54, 1.807) is 18.6 Å². The molecular weight excluding hydrogens is 396 g/mol. The van der Waals surface area contributed by atoms with Crippen molar-refractivity contribution in [3.63, 3.8) is 0 Å². The third-order valence-corrected chi connectivity index (χ3v) is 2.87. The van der Waals surface area contributed by atoms with Gasteiger partial charge in [-0.2, -0.15) is 0 Å². The largest absolute Gasteiger partial charge is 0.357 e. The topological polar surface area (TPSA) is 54.2 Å². The van der Waals surface area contributed by atoms with E-state index in [-0.39, 0.29) is 29.8 Å². The third-order valence-electron chi connectivity index (χ3n) is 2.87. The van der Waals surface area contributed by atoms with Crippen molar-refractivity contribution in [3.8, 4) is 0 Å². The van der Waals surface area contributed by atoms with Crippen LogP contribution in [-0.4, -0.2) is 28.6 Å². The molecule has 0 saturated heterocycles. The second-order valence-corrected chi connectivity index (χ2v) is 4.55. The van der Waals surface area contributed by atoms with Gasteiger partial charge in [-0.15, -0.1) is 24.0 Å². The van der Waals surface area contributed by atoms with E-state index in [0.717, 1.165) is 31.2 Å². The smallest absolute Gasteiger partial charge is 0.191 e. The first kappa shape index (κ1) is 18.4. The summed E-state index contributed by atoms with van der Waals surface area (Å²) in [4.78, 5) is 8.44. The van der Waals surface area contributed by atoms with Gasteiger partial charge < -0.3 is 15.2 Å². The van der Waals surface area contributed by atoms with Crippen molar-refractivity contribution < 1.29 is 4.39 Å². The highest BCUT2D eigenvalue weighted by molar-refractivity contribution is 14.0. The predicted octanol–water partition coefficient (Wildman–Crippen LogP) is 2.40. The zero-order valence-electron chi connectivity index (χ0n) is 12.5. The molecule has 0 aliphatic heterocycles. The monoisotopic (exact) mass is 417 g/mol. The maximum Gasteiger partial charge on any atom is 0.191 e. The number of rotatable bonds is 6. The fraction of sp³-hybridized carbons (Fsp3) is 0.333. The number of hydrogen-bond donors (Lipinski definition) is 2. The Kier molecular flexibility index (Phi) is 8.49. The Morgan fingerprint density at radius 1 is 1.36 bits per heavy atom. The van der Waals surface area contributed by atoms with Gasteiger partial charge in [0, 0.05) is 32.0 Å². The molecule has 2 aromatic rings. The van der Waals surface area contributed by atoms with Crippen LogP contribution < -0.4 is 10.6 Å². The number of hydrogen-bond acceptors (Lipinski definition) is 2. The van der Waals surface area contributed by atoms with Gasteiger partial charge >= 0.3 is 0 Å². The van der Waals surface area contributed by atoms with Gasteiger partial charge in [-0.05, 0) is 24.6 Å². The summed E-state index contributed by atoms with van der Waals surface area (Å²) in [7, 11) is 0. The molecule has 2 N–H and O–H groups in total. The first-order valence-electron chi connectivity index (χ1n) is 7.00. The average molecular weight is 417 g/mol. The van der Waals surface area contributed by atoms with E-state index >= 15 is 0 Å². The minimum absolute atomic E-state index is 0. The fourth-order valence-corrected chi connectivity index (χ4v) is 1.87. The number of nitrogens with one attached hydrogen (secondary N) is 2. The molecule has 5 nitrogen and oxygen atoms in total. The molecule has 2 rings (SSSR count). The van der Waals surface area contributed by atoms with Crippen LogP contribution in [0.4, 0.5) is 4.39 Å². The summed E-state index contributed by atoms with van der Waals surface area (Å²) in [6.07, 6.45) is 5.44. The standard InChI is InChI=1S/C15H20FN5.HI/c1-2-18-15(19-7-9-21-8-6-17-12-21)20-11-13-4-3-5-14(16)10-13;/h3-6,8,10,12H,2,7,9,11H2,1H3,(H2,18,19,20);1H. The lowest BCUT2D eigenvalue weighted by atomic mass is 10.2. The Morgan fingerprint density at radius 3 is 2.91 bits per heavy atom. The van der Waals surface area contributed by atoms with Gasteiger partial charge in [0.15, 0.2) is 5.96 Å². The zero-order chi connectivity index (χ0) is 14.9. The van der Waals surface area contributed by atoms with Crippen molar-refractivity contribution in [2.24, 2.45) is 4.99 Å². The lowest BCUT2D eigenvalue weighted by molar-refractivity contribution is 0.625. The van der Waals surface area contributed by atoms with Crippen LogP contribution in [0.25, 0.3) is 0 Å². The van der Waals surface area contributed by atoms with Gasteiger partial charge in [0.05, 0.1) is 12.9 Å². The third kappa shape index (κ3) is 6.42. The van der Waals surface area contributed by atoms with E-state index in [0.29, 0.717) is 6.54 Å². The molecule has 0 fully saturated rings. The quantitative estimate of drug-likeness (QED) is 0.431. The molecule has 1 heterocycles. The van der Waals surface area contributed by atoms with Crippen LogP contribution >= 0.6 is 24.0 Å². The maximum absolute atomic E-state index is 13.1. The molecule has 0 atom stereocenters. The Balaban J connectivity index is 0.00000242. The van der Waals surface area contributed by atoms with Crippen LogP contribution in [0.15, 0.2) is 48.0 Å². The van der Waals surface area contributed by atoms with E-state index in [2.05, 4.69) is 20.6 Å². The molecular formula is C15H21FIN5. The number of halogens is 2. The highest BCUT2D eigenvalue weighted by Gasteiger charge is 1.98. The van der Waals surface area contributed by atoms with Gasteiger partial charge in [0.25, 0.3) is 0 Å². The highest BCUT2D eigenvalue weighted by atomic mass is 127. The zero-order valence-corrected chi connectivity index (χ0v) is 14.8. The van der Waals surface area contributed by atoms with Crippen molar-refractivity contribution in [3.05, 3.63) is 54.4 Å². The molecule has 1 aromatic heterocycles. The molecule has 0 amide bonds. The molecule has 0 aliphatic carbocycles. The number of imidazole rings is 1. The van der Waals surface area contributed by atoms with Gasteiger partial charge in [0.1, 0.15) is 5.82 Å². The molecule has 0 bridgehead atoms. The second-order valence-electron chi connectivity index (χ2n) is 4.55. The van der Waals surface area contributed by atoms with Gasteiger partial charge in [-0.1, -0.05) is 12.1 Å². The first-order valence-corrected chi connectivity index (χ1v) is 7.00. The molecule has 0 radical (unpaired) electrons. The van der Waals surface area contributed by atoms with Crippen molar-refractivity contribution in [1.82, 2.24) is 20.2 Å². The Labute approximate surface area is 147 Å². The van der Waals surface area contributed by atoms with E-state index in [1.165, 1.54) is 12.1 Å². The summed E-state index contributed by atoms with van der Waals surface area (Å²) in [6, 6.07) is 6.49. The van der Waals surface area contributed by atoms with Crippen molar-refractivity contribution in [2.45, 2.75) is 20.0 Å². The fourth-order valence-electron chi connectivity index (χ4n) is 1.87. The first-order chi connectivity index (χ1) is 10.3. The van der Waals surface area contributed by atoms with E-state index in [1.807, 2.05) is 23.8 Å². The Hall–Kier alpha value is -1.64. The summed E-state index contributed by atoms with van der Waals surface area (Å²) in [6.45, 7) is 4.78. The molecule has 120 valence electrons. The lowest BCUT2D eigenvalue weighted by Crippen LogP contribution is -2.38. The van der Waals surface area contributed by atoms with E-state index in [4.69, 9.17) is 0 Å². The van der Waals surface area contributed by atoms with Crippen LogP contribution in [0.3, 0.4) is 0 Å². The lowest BCUT2D eigenvalue weighted by Gasteiger charge is -2.11. The molecule has 0 aliphatic rings. The van der Waals surface area contributed by atoms with Crippen molar-refractivity contribution in [1.29, 1.82) is 0 Å². The predicted molar refractivity (Wildman–Crippen MR) is 96.9 cm³/mol. The summed E-state index contributed by atoms with van der Waals surface area (Å²) >= 11 is 0. The van der Waals surface area contributed by atoms with E-state index in [9.17, 15) is 4.39 Å². The van der Waals surface area contributed by atoms with Crippen LogP contribution in [0.2, 0.25) is 0 Å². The minimum Gasteiger partial charge on any atom is -0.357 e. The van der Waals surface area contributed by atoms with Crippen molar-refractivity contribution >= 4 is 29.9 Å².